The van der Waals surface area contributed by atoms with Crippen LogP contribution in [-0.4, -0.2) is 31.6 Å². The molecule has 1 unspecified atom stereocenters. The zero-order valence-electron chi connectivity index (χ0n) is 10.1. The standard InChI is InChI=1S/C13H17BrN2O2/c14-10-3-1-4-11(9-10)18-8-7-16-13(17)12-5-2-6-15-12/h1,3-4,9,12,15H,2,5-8H2,(H,16,17). The van der Waals surface area contributed by atoms with Gasteiger partial charge in [0.2, 0.25) is 5.91 Å². The van der Waals surface area contributed by atoms with E-state index in [-0.39, 0.29) is 11.9 Å². The van der Waals surface area contributed by atoms with Gasteiger partial charge in [0.05, 0.1) is 12.6 Å². The van der Waals surface area contributed by atoms with Crippen molar-refractivity contribution >= 4 is 21.8 Å². The molecule has 0 radical (unpaired) electrons. The number of rotatable bonds is 5. The van der Waals surface area contributed by atoms with E-state index >= 15 is 0 Å². The highest BCUT2D eigenvalue weighted by molar-refractivity contribution is 9.10. The van der Waals surface area contributed by atoms with E-state index in [1.165, 1.54) is 0 Å². The quantitative estimate of drug-likeness (QED) is 0.814. The Morgan fingerprint density at radius 1 is 1.56 bits per heavy atom. The van der Waals surface area contributed by atoms with E-state index < -0.39 is 0 Å². The van der Waals surface area contributed by atoms with E-state index in [0.29, 0.717) is 13.2 Å². The third kappa shape index (κ3) is 3.99. The molecule has 0 bridgehead atoms. The smallest absolute Gasteiger partial charge is 0.237 e. The van der Waals surface area contributed by atoms with Crippen LogP contribution in [0.5, 0.6) is 5.75 Å². The molecule has 5 heteroatoms. The van der Waals surface area contributed by atoms with Gasteiger partial charge in [0.1, 0.15) is 12.4 Å². The van der Waals surface area contributed by atoms with Crippen LogP contribution in [0.3, 0.4) is 0 Å². The molecule has 0 spiro atoms. The fraction of sp³-hybridized carbons (Fsp3) is 0.462. The Balaban J connectivity index is 1.65. The van der Waals surface area contributed by atoms with E-state index in [1.54, 1.807) is 0 Å². The Labute approximate surface area is 115 Å². The van der Waals surface area contributed by atoms with E-state index in [2.05, 4.69) is 26.6 Å². The van der Waals surface area contributed by atoms with Crippen molar-refractivity contribution in [3.05, 3.63) is 28.7 Å². The van der Waals surface area contributed by atoms with Crippen LogP contribution in [0.1, 0.15) is 12.8 Å². The lowest BCUT2D eigenvalue weighted by Crippen LogP contribution is -2.41. The predicted molar refractivity (Wildman–Crippen MR) is 73.7 cm³/mol. The van der Waals surface area contributed by atoms with Crippen molar-refractivity contribution in [2.45, 2.75) is 18.9 Å². The van der Waals surface area contributed by atoms with Crippen molar-refractivity contribution in [3.8, 4) is 5.75 Å². The van der Waals surface area contributed by atoms with Crippen LogP contribution in [0.4, 0.5) is 0 Å². The molecular weight excluding hydrogens is 296 g/mol. The average Bonchev–Trinajstić information content (AvgIpc) is 2.88. The highest BCUT2D eigenvalue weighted by Crippen LogP contribution is 2.17. The minimum Gasteiger partial charge on any atom is -0.492 e. The SMILES string of the molecule is O=C(NCCOc1cccc(Br)c1)C1CCCN1. The highest BCUT2D eigenvalue weighted by atomic mass is 79.9. The Morgan fingerprint density at radius 3 is 3.17 bits per heavy atom. The molecule has 2 N–H and O–H groups in total. The molecule has 0 saturated carbocycles. The van der Waals surface area contributed by atoms with E-state index in [1.807, 2.05) is 24.3 Å². The van der Waals surface area contributed by atoms with E-state index in [0.717, 1.165) is 29.6 Å². The summed E-state index contributed by atoms with van der Waals surface area (Å²) in [6.45, 7) is 1.95. The number of hydrogen-bond acceptors (Lipinski definition) is 3. The van der Waals surface area contributed by atoms with Gasteiger partial charge in [0.15, 0.2) is 0 Å². The third-order valence-electron chi connectivity index (χ3n) is 2.84. The van der Waals surface area contributed by atoms with Gasteiger partial charge in [-0.2, -0.15) is 0 Å². The maximum atomic E-state index is 11.7. The molecule has 18 heavy (non-hydrogen) atoms. The van der Waals surface area contributed by atoms with Crippen molar-refractivity contribution in [3.63, 3.8) is 0 Å². The van der Waals surface area contributed by atoms with Gasteiger partial charge in [-0.25, -0.2) is 0 Å². The second kappa shape index (κ2) is 6.75. The van der Waals surface area contributed by atoms with Crippen molar-refractivity contribution in [2.75, 3.05) is 19.7 Å². The molecule has 1 saturated heterocycles. The molecule has 1 fully saturated rings. The summed E-state index contributed by atoms with van der Waals surface area (Å²) in [6.07, 6.45) is 2.00. The molecule has 0 aromatic heterocycles. The Bertz CT molecular complexity index is 406. The molecule has 1 atom stereocenters. The number of nitrogens with one attached hydrogen (secondary N) is 2. The summed E-state index contributed by atoms with van der Waals surface area (Å²) >= 11 is 3.38. The topological polar surface area (TPSA) is 50.4 Å². The lowest BCUT2D eigenvalue weighted by atomic mass is 10.2. The summed E-state index contributed by atoms with van der Waals surface area (Å²) in [4.78, 5) is 11.7. The number of halogens is 1. The molecule has 1 amide bonds. The maximum Gasteiger partial charge on any atom is 0.237 e. The highest BCUT2D eigenvalue weighted by Gasteiger charge is 2.21. The van der Waals surface area contributed by atoms with E-state index in [4.69, 9.17) is 4.74 Å². The van der Waals surface area contributed by atoms with E-state index in [9.17, 15) is 4.79 Å². The number of carbonyl (C=O) groups is 1. The van der Waals surface area contributed by atoms with Crippen LogP contribution in [0, 0.1) is 0 Å². The summed E-state index contributed by atoms with van der Waals surface area (Å²) in [5.41, 5.74) is 0. The summed E-state index contributed by atoms with van der Waals surface area (Å²) in [5.74, 6) is 0.878. The first-order valence-corrected chi connectivity index (χ1v) is 6.94. The number of hydrogen-bond donors (Lipinski definition) is 2. The normalized spacial score (nSPS) is 18.6. The van der Waals surface area contributed by atoms with Crippen molar-refractivity contribution in [1.29, 1.82) is 0 Å². The van der Waals surface area contributed by atoms with Gasteiger partial charge in [0.25, 0.3) is 0 Å². The Kier molecular flexibility index (Phi) is 5.01. The molecule has 1 aliphatic heterocycles. The summed E-state index contributed by atoms with van der Waals surface area (Å²) in [6, 6.07) is 7.64. The maximum absolute atomic E-state index is 11.7. The second-order valence-electron chi connectivity index (χ2n) is 4.25. The van der Waals surface area contributed by atoms with Crippen molar-refractivity contribution in [2.24, 2.45) is 0 Å². The van der Waals surface area contributed by atoms with Crippen LogP contribution in [-0.2, 0) is 4.79 Å². The van der Waals surface area contributed by atoms with Crippen LogP contribution in [0.25, 0.3) is 0 Å². The first-order chi connectivity index (χ1) is 8.75. The largest absolute Gasteiger partial charge is 0.492 e. The average molecular weight is 313 g/mol. The molecule has 1 aromatic rings. The van der Waals surface area contributed by atoms with Gasteiger partial charge in [-0.1, -0.05) is 22.0 Å². The lowest BCUT2D eigenvalue weighted by Gasteiger charge is -2.11. The third-order valence-corrected chi connectivity index (χ3v) is 3.34. The van der Waals surface area contributed by atoms with Gasteiger partial charge in [0, 0.05) is 4.47 Å². The molecule has 2 rings (SSSR count). The zero-order chi connectivity index (χ0) is 12.8. The van der Waals surface area contributed by atoms with Gasteiger partial charge in [-0.15, -0.1) is 0 Å². The van der Waals surface area contributed by atoms with Crippen LogP contribution < -0.4 is 15.4 Å². The summed E-state index contributed by atoms with van der Waals surface area (Å²) < 4.78 is 6.52. The first kappa shape index (κ1) is 13.4. The molecule has 4 nitrogen and oxygen atoms in total. The molecular formula is C13H17BrN2O2. The van der Waals surface area contributed by atoms with Crippen molar-refractivity contribution < 1.29 is 9.53 Å². The molecule has 1 heterocycles. The van der Waals surface area contributed by atoms with Crippen molar-refractivity contribution in [1.82, 2.24) is 10.6 Å². The Morgan fingerprint density at radius 2 is 2.44 bits per heavy atom. The number of carbonyl (C=O) groups excluding carboxylic acids is 1. The number of benzene rings is 1. The minimum atomic E-state index is -0.0177. The van der Waals surface area contributed by atoms with Crippen LogP contribution >= 0.6 is 15.9 Å². The van der Waals surface area contributed by atoms with Gasteiger partial charge >= 0.3 is 0 Å². The number of amides is 1. The number of ether oxygens (including phenoxy) is 1. The predicted octanol–water partition coefficient (Wildman–Crippen LogP) is 1.70. The molecule has 0 aliphatic carbocycles. The van der Waals surface area contributed by atoms with Gasteiger partial charge < -0.3 is 15.4 Å². The monoisotopic (exact) mass is 312 g/mol. The molecule has 98 valence electrons. The van der Waals surface area contributed by atoms with Gasteiger partial charge in [-0.3, -0.25) is 4.79 Å². The van der Waals surface area contributed by atoms with Crippen LogP contribution in [0.2, 0.25) is 0 Å². The first-order valence-electron chi connectivity index (χ1n) is 6.15. The summed E-state index contributed by atoms with van der Waals surface area (Å²) in [5, 5.41) is 6.03. The molecule has 1 aromatic carbocycles. The van der Waals surface area contributed by atoms with Gasteiger partial charge in [-0.05, 0) is 37.6 Å². The fourth-order valence-electron chi connectivity index (χ4n) is 1.93. The fourth-order valence-corrected chi connectivity index (χ4v) is 2.31. The Hall–Kier alpha value is -1.07. The second-order valence-corrected chi connectivity index (χ2v) is 5.16. The van der Waals surface area contributed by atoms with Crippen LogP contribution in [0.15, 0.2) is 28.7 Å². The zero-order valence-corrected chi connectivity index (χ0v) is 11.7. The molecule has 1 aliphatic rings. The lowest BCUT2D eigenvalue weighted by molar-refractivity contribution is -0.122. The minimum absolute atomic E-state index is 0.0177. The summed E-state index contributed by atoms with van der Waals surface area (Å²) in [7, 11) is 0.